The quantitative estimate of drug-likeness (QED) is 0.740. The highest BCUT2D eigenvalue weighted by Gasteiger charge is 2.21. The normalized spacial score (nSPS) is 14.4. The van der Waals surface area contributed by atoms with E-state index >= 15 is 0 Å². The van der Waals surface area contributed by atoms with Gasteiger partial charge in [0.1, 0.15) is 5.82 Å². The third-order valence-electron chi connectivity index (χ3n) is 4.76. The van der Waals surface area contributed by atoms with Crippen molar-refractivity contribution in [1.29, 1.82) is 0 Å². The highest BCUT2D eigenvalue weighted by Crippen LogP contribution is 2.20. The average Bonchev–Trinajstić information content (AvgIpc) is 2.70. The second-order valence-electron chi connectivity index (χ2n) is 6.77. The molecule has 0 saturated carbocycles. The molecule has 2 aromatic rings. The van der Waals surface area contributed by atoms with Crippen LogP contribution in [0.3, 0.4) is 0 Å². The molecule has 0 spiro atoms. The van der Waals surface area contributed by atoms with Gasteiger partial charge in [-0.05, 0) is 68.3 Å². The maximum Gasteiger partial charge on any atom is 0.319 e. The molecule has 1 saturated heterocycles. The minimum absolute atomic E-state index is 0.0892. The predicted octanol–water partition coefficient (Wildman–Crippen LogP) is 3.37. The summed E-state index contributed by atoms with van der Waals surface area (Å²) in [7, 11) is 0. The van der Waals surface area contributed by atoms with Crippen LogP contribution in [-0.2, 0) is 0 Å². The zero-order valence-corrected chi connectivity index (χ0v) is 15.9. The van der Waals surface area contributed by atoms with E-state index in [1.807, 2.05) is 6.92 Å². The number of anilines is 2. The molecule has 0 radical (unpaired) electrons. The van der Waals surface area contributed by atoms with Crippen LogP contribution in [0, 0.1) is 5.82 Å². The molecule has 0 atom stereocenters. The van der Waals surface area contributed by atoms with E-state index in [0.29, 0.717) is 17.8 Å². The van der Waals surface area contributed by atoms with Crippen LogP contribution in [0.25, 0.3) is 0 Å². The minimum atomic E-state index is -0.258. The van der Waals surface area contributed by atoms with Crippen LogP contribution >= 0.6 is 0 Å². The summed E-state index contributed by atoms with van der Waals surface area (Å²) in [6.45, 7) is 4.04. The summed E-state index contributed by atoms with van der Waals surface area (Å²) in [6, 6.07) is 13.1. The molecule has 2 aromatic carbocycles. The molecule has 6 nitrogen and oxygen atoms in total. The molecule has 0 aliphatic carbocycles. The van der Waals surface area contributed by atoms with Crippen molar-refractivity contribution >= 4 is 23.3 Å². The molecule has 3 N–H and O–H groups in total. The van der Waals surface area contributed by atoms with Crippen LogP contribution in [0.5, 0.6) is 0 Å². The summed E-state index contributed by atoms with van der Waals surface area (Å²) in [6.07, 6.45) is 1.64. The maximum atomic E-state index is 13.0. The number of halogens is 1. The SMILES string of the molecule is CCNC(=O)c1ccc(NC(=O)NC2CCN(c3ccc(F)cc3)CC2)cc1. The minimum Gasteiger partial charge on any atom is -0.371 e. The molecule has 0 bridgehead atoms. The van der Waals surface area contributed by atoms with Crippen molar-refractivity contribution in [3.63, 3.8) is 0 Å². The first kappa shape index (κ1) is 19.7. The summed E-state index contributed by atoms with van der Waals surface area (Å²) in [5.74, 6) is -0.373. The summed E-state index contributed by atoms with van der Waals surface area (Å²) >= 11 is 0. The van der Waals surface area contributed by atoms with Crippen molar-refractivity contribution in [3.05, 3.63) is 59.9 Å². The van der Waals surface area contributed by atoms with Gasteiger partial charge in [0, 0.05) is 42.6 Å². The van der Waals surface area contributed by atoms with E-state index < -0.39 is 0 Å². The fourth-order valence-corrected chi connectivity index (χ4v) is 3.25. The number of rotatable bonds is 5. The smallest absolute Gasteiger partial charge is 0.319 e. The number of hydrogen-bond donors (Lipinski definition) is 3. The first-order valence-corrected chi connectivity index (χ1v) is 9.51. The second-order valence-corrected chi connectivity index (χ2v) is 6.77. The molecular formula is C21H25FN4O2. The Morgan fingerprint density at radius 2 is 1.68 bits per heavy atom. The number of benzene rings is 2. The van der Waals surface area contributed by atoms with Gasteiger partial charge in [0.15, 0.2) is 0 Å². The molecule has 1 aliphatic rings. The van der Waals surface area contributed by atoms with Crippen LogP contribution in [0.2, 0.25) is 0 Å². The Hall–Kier alpha value is -3.09. The maximum absolute atomic E-state index is 13.0. The molecule has 3 amide bonds. The monoisotopic (exact) mass is 384 g/mol. The van der Waals surface area contributed by atoms with Crippen molar-refractivity contribution < 1.29 is 14.0 Å². The molecule has 7 heteroatoms. The van der Waals surface area contributed by atoms with E-state index in [2.05, 4.69) is 20.9 Å². The lowest BCUT2D eigenvalue weighted by atomic mass is 10.0. The molecule has 1 heterocycles. The van der Waals surface area contributed by atoms with E-state index in [0.717, 1.165) is 31.6 Å². The van der Waals surface area contributed by atoms with Gasteiger partial charge in [-0.1, -0.05) is 0 Å². The Balaban J connectivity index is 1.45. The van der Waals surface area contributed by atoms with E-state index in [-0.39, 0.29) is 23.8 Å². The van der Waals surface area contributed by atoms with Crippen molar-refractivity contribution in [2.24, 2.45) is 0 Å². The lowest BCUT2D eigenvalue weighted by Crippen LogP contribution is -2.46. The Morgan fingerprint density at radius 1 is 1.04 bits per heavy atom. The topological polar surface area (TPSA) is 73.5 Å². The number of urea groups is 1. The van der Waals surface area contributed by atoms with Crippen LogP contribution in [-0.4, -0.2) is 37.6 Å². The van der Waals surface area contributed by atoms with Gasteiger partial charge in [0.05, 0.1) is 0 Å². The third kappa shape index (κ3) is 5.22. The molecule has 28 heavy (non-hydrogen) atoms. The van der Waals surface area contributed by atoms with E-state index in [1.165, 1.54) is 12.1 Å². The second kappa shape index (κ2) is 9.21. The van der Waals surface area contributed by atoms with Gasteiger partial charge >= 0.3 is 6.03 Å². The number of carbonyl (C=O) groups excluding carboxylic acids is 2. The number of amides is 3. The highest BCUT2D eigenvalue weighted by atomic mass is 19.1. The molecule has 148 valence electrons. The Morgan fingerprint density at radius 3 is 2.29 bits per heavy atom. The van der Waals surface area contributed by atoms with E-state index in [4.69, 9.17) is 0 Å². The van der Waals surface area contributed by atoms with Gasteiger partial charge in [-0.25, -0.2) is 9.18 Å². The van der Waals surface area contributed by atoms with Crippen LogP contribution in [0.1, 0.15) is 30.1 Å². The number of nitrogens with zero attached hydrogens (tertiary/aromatic N) is 1. The van der Waals surface area contributed by atoms with Gasteiger partial charge in [0.2, 0.25) is 0 Å². The standard InChI is InChI=1S/C21H25FN4O2/c1-2-23-20(27)15-3-7-17(8-4-15)24-21(28)25-18-11-13-26(14-12-18)19-9-5-16(22)6-10-19/h3-10,18H,2,11-14H2,1H3,(H,23,27)(H2,24,25,28). The number of nitrogens with one attached hydrogen (secondary N) is 3. The third-order valence-corrected chi connectivity index (χ3v) is 4.76. The predicted molar refractivity (Wildman–Crippen MR) is 108 cm³/mol. The zero-order chi connectivity index (χ0) is 19.9. The summed E-state index contributed by atoms with van der Waals surface area (Å²) in [5.41, 5.74) is 2.19. The van der Waals surface area contributed by atoms with Gasteiger partial charge in [0.25, 0.3) is 5.91 Å². The summed E-state index contributed by atoms with van der Waals surface area (Å²) < 4.78 is 13.0. The van der Waals surface area contributed by atoms with Crippen LogP contribution in [0.15, 0.2) is 48.5 Å². The van der Waals surface area contributed by atoms with Crippen molar-refractivity contribution in [1.82, 2.24) is 10.6 Å². The molecule has 1 fully saturated rings. The van der Waals surface area contributed by atoms with Crippen molar-refractivity contribution in [3.8, 4) is 0 Å². The fourth-order valence-electron chi connectivity index (χ4n) is 3.25. The number of hydrogen-bond acceptors (Lipinski definition) is 3. The van der Waals surface area contributed by atoms with Crippen molar-refractivity contribution in [2.75, 3.05) is 29.9 Å². The summed E-state index contributed by atoms with van der Waals surface area (Å²) in [5, 5.41) is 8.52. The fraction of sp³-hybridized carbons (Fsp3) is 0.333. The number of carbonyl (C=O) groups is 2. The zero-order valence-electron chi connectivity index (χ0n) is 15.9. The molecule has 0 unspecified atom stereocenters. The Labute approximate surface area is 164 Å². The van der Waals surface area contributed by atoms with Crippen LogP contribution < -0.4 is 20.9 Å². The first-order valence-electron chi connectivity index (χ1n) is 9.51. The van der Waals surface area contributed by atoms with Gasteiger partial charge in [-0.2, -0.15) is 0 Å². The summed E-state index contributed by atoms with van der Waals surface area (Å²) in [4.78, 5) is 26.2. The largest absolute Gasteiger partial charge is 0.371 e. The first-order chi connectivity index (χ1) is 13.5. The van der Waals surface area contributed by atoms with Gasteiger partial charge in [-0.3, -0.25) is 4.79 Å². The number of piperidine rings is 1. The van der Waals surface area contributed by atoms with Crippen molar-refractivity contribution in [2.45, 2.75) is 25.8 Å². The lowest BCUT2D eigenvalue weighted by Gasteiger charge is -2.34. The van der Waals surface area contributed by atoms with Crippen LogP contribution in [0.4, 0.5) is 20.6 Å². The lowest BCUT2D eigenvalue weighted by molar-refractivity contribution is 0.0956. The molecular weight excluding hydrogens is 359 g/mol. The highest BCUT2D eigenvalue weighted by molar-refractivity contribution is 5.95. The van der Waals surface area contributed by atoms with E-state index in [9.17, 15) is 14.0 Å². The van der Waals surface area contributed by atoms with Gasteiger partial charge < -0.3 is 20.9 Å². The van der Waals surface area contributed by atoms with Gasteiger partial charge in [-0.15, -0.1) is 0 Å². The molecule has 0 aromatic heterocycles. The van der Waals surface area contributed by atoms with E-state index in [1.54, 1.807) is 36.4 Å². The molecule has 3 rings (SSSR count). The average molecular weight is 384 g/mol. The Kier molecular flexibility index (Phi) is 6.47. The molecule has 1 aliphatic heterocycles. The Bertz CT molecular complexity index is 800.